The predicted molar refractivity (Wildman–Crippen MR) is 294 cm³/mol. The van der Waals surface area contributed by atoms with E-state index in [2.05, 4.69) is 74.0 Å². The Morgan fingerprint density at radius 1 is 0.973 bits per heavy atom. The number of fused-ring (bicyclic) bond motifs is 3. The number of aliphatic hydroxyl groups excluding tert-OH is 1. The van der Waals surface area contributed by atoms with Gasteiger partial charge in [-0.1, -0.05) is 74.9 Å². The van der Waals surface area contributed by atoms with Crippen LogP contribution < -0.4 is 10.6 Å². The molecule has 3 aliphatic carbocycles. The van der Waals surface area contributed by atoms with Gasteiger partial charge in [0, 0.05) is 72.6 Å². The molecular formula is C60H75N8O6+. The standard InChI is InChI=1S/C60H74N8O6/c1-12-45(58(72)68(14-3)28-23-59(6)33-43(59)35-63-54(69)49-31-41-21-25-61-37-51(41)73-49)48(56(65(7)8)66(9)10)30-39(5)52-53-42(22-26-62-52)32-50(74-53)55(70)64-36-44-34-60(44,13-2)24-27-67(11)57(71)47-20-16-18-40-29-38(4)17-15-19-46(40)47/h12,15-16,18-22,25-26,29-32,37,43-44,56-57,71H,5,7,13-14,17,23-24,27-28,33-36H2,1-4,6,8-11H3,(H-,63,64,69,70)/p+1. The Bertz CT molecular complexity index is 3050. The summed E-state index contributed by atoms with van der Waals surface area (Å²) in [5.74, 6) is 0.352. The van der Waals surface area contributed by atoms with E-state index in [9.17, 15) is 19.5 Å². The lowest BCUT2D eigenvalue weighted by atomic mass is 9.94. The van der Waals surface area contributed by atoms with Gasteiger partial charge in [0.05, 0.1) is 6.20 Å². The van der Waals surface area contributed by atoms with Crippen LogP contribution in [0, 0.1) is 22.7 Å². The fourth-order valence-corrected chi connectivity index (χ4v) is 11.1. The third-order valence-corrected chi connectivity index (χ3v) is 16.1. The van der Waals surface area contributed by atoms with E-state index < -0.39 is 12.4 Å². The Hall–Kier alpha value is -6.74. The van der Waals surface area contributed by atoms with Crippen molar-refractivity contribution in [2.75, 3.05) is 60.9 Å². The highest BCUT2D eigenvalue weighted by Crippen LogP contribution is 2.58. The van der Waals surface area contributed by atoms with Crippen LogP contribution in [0.25, 0.3) is 39.7 Å². The van der Waals surface area contributed by atoms with Crippen LogP contribution in [0.3, 0.4) is 0 Å². The molecule has 2 fully saturated rings. The van der Waals surface area contributed by atoms with E-state index in [1.807, 2.05) is 97.7 Å². The first-order valence-electron chi connectivity index (χ1n) is 26.1. The Morgan fingerprint density at radius 3 is 2.38 bits per heavy atom. The van der Waals surface area contributed by atoms with Gasteiger partial charge in [-0.15, -0.1) is 0 Å². The number of carbonyl (C=O) groups excluding carboxylic acids is 3. The minimum absolute atomic E-state index is 0.0379. The molecule has 4 heterocycles. The molecule has 0 spiro atoms. The number of carbonyl (C=O) groups is 3. The molecule has 8 rings (SSSR count). The second-order valence-electron chi connectivity index (χ2n) is 21.4. The van der Waals surface area contributed by atoms with Gasteiger partial charge in [0.2, 0.25) is 6.17 Å². The van der Waals surface area contributed by atoms with Gasteiger partial charge < -0.3 is 29.5 Å². The van der Waals surface area contributed by atoms with E-state index in [1.165, 1.54) is 5.57 Å². The topological polar surface area (TPSA) is 160 Å². The predicted octanol–water partition coefficient (Wildman–Crippen LogP) is 9.76. The van der Waals surface area contributed by atoms with Gasteiger partial charge in [-0.2, -0.15) is 0 Å². The van der Waals surface area contributed by atoms with Crippen LogP contribution >= 0.6 is 0 Å². The van der Waals surface area contributed by atoms with Crippen LogP contribution in [0.1, 0.15) is 123 Å². The summed E-state index contributed by atoms with van der Waals surface area (Å²) in [4.78, 5) is 56.2. The van der Waals surface area contributed by atoms with Crippen molar-refractivity contribution in [1.29, 1.82) is 0 Å². The van der Waals surface area contributed by atoms with E-state index in [-0.39, 0.29) is 46.0 Å². The summed E-state index contributed by atoms with van der Waals surface area (Å²) in [7, 11) is 7.73. The number of pyridine rings is 2. The monoisotopic (exact) mass is 1000 g/mol. The number of furan rings is 2. The summed E-state index contributed by atoms with van der Waals surface area (Å²) in [6.07, 6.45) is 19.5. The van der Waals surface area contributed by atoms with Crippen molar-refractivity contribution in [3.63, 3.8) is 0 Å². The van der Waals surface area contributed by atoms with Crippen molar-refractivity contribution in [2.45, 2.75) is 85.5 Å². The molecule has 3 N–H and O–H groups in total. The fraction of sp³-hybridized carbons (Fsp3) is 0.433. The molecule has 5 aromatic rings. The average molecular weight is 1000 g/mol. The maximum Gasteiger partial charge on any atom is 0.287 e. The molecule has 3 amide bonds. The number of hydrogen-bond donors (Lipinski definition) is 3. The molecule has 4 aromatic heterocycles. The molecule has 0 saturated heterocycles. The highest BCUT2D eigenvalue weighted by Gasteiger charge is 2.52. The average Bonchev–Trinajstić information content (AvgIpc) is 4.12. The lowest BCUT2D eigenvalue weighted by Crippen LogP contribution is -2.42. The molecular weight excluding hydrogens is 929 g/mol. The number of hydrogen-bond acceptors (Lipinski definition) is 10. The van der Waals surface area contributed by atoms with E-state index >= 15 is 0 Å². The van der Waals surface area contributed by atoms with Gasteiger partial charge in [0.25, 0.3) is 17.7 Å². The first kappa shape index (κ1) is 53.5. The zero-order chi connectivity index (χ0) is 53.1. The van der Waals surface area contributed by atoms with Crippen LogP contribution in [0.15, 0.2) is 111 Å². The highest BCUT2D eigenvalue weighted by atomic mass is 16.4. The second kappa shape index (κ2) is 22.4. The van der Waals surface area contributed by atoms with Gasteiger partial charge in [-0.25, -0.2) is 9.48 Å². The highest BCUT2D eigenvalue weighted by molar-refractivity contribution is 6.01. The second-order valence-corrected chi connectivity index (χ2v) is 21.4. The maximum absolute atomic E-state index is 14.7. The van der Waals surface area contributed by atoms with Crippen molar-refractivity contribution >= 4 is 64.1 Å². The Labute approximate surface area is 436 Å². The number of allylic oxidation sites excluding steroid dienone is 5. The van der Waals surface area contributed by atoms with Crippen LogP contribution in [0.2, 0.25) is 0 Å². The third kappa shape index (κ3) is 11.5. The van der Waals surface area contributed by atoms with Crippen molar-refractivity contribution in [3.8, 4) is 0 Å². The number of rotatable bonds is 23. The van der Waals surface area contributed by atoms with Gasteiger partial charge in [-0.05, 0) is 144 Å². The summed E-state index contributed by atoms with van der Waals surface area (Å²) in [5, 5.41) is 19.3. The van der Waals surface area contributed by atoms with E-state index in [4.69, 9.17) is 13.8 Å². The maximum atomic E-state index is 14.7. The van der Waals surface area contributed by atoms with Crippen molar-refractivity contribution in [2.24, 2.45) is 22.7 Å². The first-order chi connectivity index (χ1) is 35.4. The molecule has 14 heteroatoms. The number of nitrogens with one attached hydrogen (secondary N) is 2. The number of amides is 3. The molecule has 0 aliphatic heterocycles. The minimum atomic E-state index is -0.735. The van der Waals surface area contributed by atoms with Crippen LogP contribution in [-0.4, -0.2) is 126 Å². The van der Waals surface area contributed by atoms with Crippen molar-refractivity contribution in [3.05, 3.63) is 136 Å². The zero-order valence-corrected chi connectivity index (χ0v) is 44.8. The molecule has 14 nitrogen and oxygen atoms in total. The number of aromatic nitrogens is 2. The van der Waals surface area contributed by atoms with Gasteiger partial charge >= 0.3 is 0 Å². The summed E-state index contributed by atoms with van der Waals surface area (Å²) in [6, 6.07) is 13.2. The van der Waals surface area contributed by atoms with Crippen LogP contribution in [0.5, 0.6) is 0 Å². The first-order valence-corrected chi connectivity index (χ1v) is 26.1. The van der Waals surface area contributed by atoms with E-state index in [1.54, 1.807) is 30.7 Å². The molecule has 390 valence electrons. The van der Waals surface area contributed by atoms with Crippen molar-refractivity contribution in [1.82, 2.24) is 35.3 Å². The lowest BCUT2D eigenvalue weighted by Gasteiger charge is -2.28. The molecule has 0 radical (unpaired) electrons. The summed E-state index contributed by atoms with van der Waals surface area (Å²) < 4.78 is 13.8. The summed E-state index contributed by atoms with van der Waals surface area (Å²) >= 11 is 0. The molecule has 1 aromatic carbocycles. The number of likely N-dealkylation sites (N-methyl/N-ethyl adjacent to an activating group) is 3. The van der Waals surface area contributed by atoms with E-state index in [0.717, 1.165) is 67.1 Å². The minimum Gasteiger partial charge on any atom is -0.449 e. The molecule has 2 saturated carbocycles. The molecule has 74 heavy (non-hydrogen) atoms. The zero-order valence-electron chi connectivity index (χ0n) is 44.8. The number of nitrogens with zero attached hydrogens (tertiary/aromatic N) is 6. The fourth-order valence-electron chi connectivity index (χ4n) is 11.1. The largest absolute Gasteiger partial charge is 0.449 e. The summed E-state index contributed by atoms with van der Waals surface area (Å²) in [5.41, 5.74) is 7.61. The van der Waals surface area contributed by atoms with Gasteiger partial charge in [-0.3, -0.25) is 29.3 Å². The number of aliphatic hydroxyl groups is 1. The Balaban J connectivity index is 0.903. The molecule has 6 atom stereocenters. The molecule has 3 aliphatic rings. The Morgan fingerprint density at radius 2 is 1.69 bits per heavy atom. The third-order valence-electron chi connectivity index (χ3n) is 16.1. The quantitative estimate of drug-likeness (QED) is 0.0189. The van der Waals surface area contributed by atoms with Gasteiger partial charge in [0.15, 0.2) is 22.7 Å². The SMILES string of the molecule is C=C(C=C(C(=CC)C(=O)N(CC)CCC1(C)CC1CNC(=O)c1cc2ccncc2o1)C(N(C)C)[N+](=C)C)c1nccc2cc(C(=O)NCC3CC3(CC)CCN(C)C(O)c3cccc4c3C=CCC(C)=C4)oc12. The van der Waals surface area contributed by atoms with Crippen LogP contribution in [0.4, 0.5) is 0 Å². The van der Waals surface area contributed by atoms with Crippen molar-refractivity contribution < 1.29 is 32.9 Å². The lowest BCUT2D eigenvalue weighted by molar-refractivity contribution is -0.543. The number of benzene rings is 1. The molecule has 0 bridgehead atoms. The molecule has 6 unspecified atom stereocenters. The van der Waals surface area contributed by atoms with E-state index in [0.29, 0.717) is 71.1 Å². The smallest absolute Gasteiger partial charge is 0.287 e. The normalized spacial score (nSPS) is 21.3. The Kier molecular flexibility index (Phi) is 16.2. The van der Waals surface area contributed by atoms with Crippen LogP contribution in [-0.2, 0) is 4.79 Å². The summed E-state index contributed by atoms with van der Waals surface area (Å²) in [6.45, 7) is 21.9. The van der Waals surface area contributed by atoms with Gasteiger partial charge in [0.1, 0.15) is 25.7 Å².